The van der Waals surface area contributed by atoms with E-state index in [0.29, 0.717) is 12.0 Å². The molecular weight excluding hydrogens is 225 g/mol. The van der Waals surface area contributed by atoms with Crippen LogP contribution in [-0.4, -0.2) is 24.4 Å². The molecule has 0 radical (unpaired) electrons. The highest BCUT2D eigenvalue weighted by molar-refractivity contribution is 6.45. The van der Waals surface area contributed by atoms with E-state index in [-0.39, 0.29) is 18.3 Å². The maximum atomic E-state index is 6.19. The average Bonchev–Trinajstić information content (AvgIpc) is 2.46. The van der Waals surface area contributed by atoms with Gasteiger partial charge < -0.3 is 15.0 Å². The first kappa shape index (κ1) is 14.4. The first-order chi connectivity index (χ1) is 8.32. The standard InChI is InChI=1S/C14H28BNO2/c1-13(2)14(3,4)18-15(17-13)10-9-11-7-5-6-8-12(11)16/h11-12H,5-10,16H2,1-4H3. The molecule has 2 rings (SSSR count). The van der Waals surface area contributed by atoms with Gasteiger partial charge in [0.25, 0.3) is 0 Å². The van der Waals surface area contributed by atoms with E-state index in [1.165, 1.54) is 25.7 Å². The molecule has 0 amide bonds. The fourth-order valence-electron chi connectivity index (χ4n) is 3.03. The highest BCUT2D eigenvalue weighted by atomic mass is 16.7. The maximum absolute atomic E-state index is 6.19. The summed E-state index contributed by atoms with van der Waals surface area (Å²) >= 11 is 0. The Labute approximate surface area is 112 Å². The monoisotopic (exact) mass is 253 g/mol. The van der Waals surface area contributed by atoms with Crippen molar-refractivity contribution in [2.45, 2.75) is 83.4 Å². The van der Waals surface area contributed by atoms with Gasteiger partial charge in [-0.05, 0) is 52.8 Å². The second-order valence-corrected chi connectivity index (χ2v) is 6.97. The van der Waals surface area contributed by atoms with E-state index in [9.17, 15) is 0 Å². The Morgan fingerprint density at radius 2 is 1.61 bits per heavy atom. The quantitative estimate of drug-likeness (QED) is 0.786. The van der Waals surface area contributed by atoms with E-state index in [4.69, 9.17) is 15.0 Å². The third-order valence-electron chi connectivity index (χ3n) is 5.04. The van der Waals surface area contributed by atoms with Gasteiger partial charge in [-0.1, -0.05) is 19.3 Å². The zero-order valence-corrected chi connectivity index (χ0v) is 12.4. The lowest BCUT2D eigenvalue weighted by Gasteiger charge is -2.32. The van der Waals surface area contributed by atoms with Crippen molar-refractivity contribution in [3.05, 3.63) is 0 Å². The minimum atomic E-state index is -0.202. The molecule has 2 aliphatic rings. The zero-order valence-electron chi connectivity index (χ0n) is 12.4. The van der Waals surface area contributed by atoms with Crippen LogP contribution >= 0.6 is 0 Å². The van der Waals surface area contributed by atoms with Crippen molar-refractivity contribution < 1.29 is 9.31 Å². The van der Waals surface area contributed by atoms with Gasteiger partial charge in [-0.25, -0.2) is 0 Å². The van der Waals surface area contributed by atoms with Gasteiger partial charge in [0.1, 0.15) is 0 Å². The van der Waals surface area contributed by atoms with Crippen LogP contribution in [0.15, 0.2) is 0 Å². The number of hydrogen-bond donors (Lipinski definition) is 1. The van der Waals surface area contributed by atoms with Crippen LogP contribution < -0.4 is 5.73 Å². The summed E-state index contributed by atoms with van der Waals surface area (Å²) in [4.78, 5) is 0. The lowest BCUT2D eigenvalue weighted by atomic mass is 9.74. The lowest BCUT2D eigenvalue weighted by molar-refractivity contribution is 0.00578. The Morgan fingerprint density at radius 1 is 1.06 bits per heavy atom. The molecule has 104 valence electrons. The fraction of sp³-hybridized carbons (Fsp3) is 1.00. The molecule has 1 aliphatic carbocycles. The summed E-state index contributed by atoms with van der Waals surface area (Å²) in [5, 5.41) is 0. The molecule has 4 heteroatoms. The predicted octanol–water partition coefficient (Wildman–Crippen LogP) is 2.99. The van der Waals surface area contributed by atoms with Crippen molar-refractivity contribution in [1.82, 2.24) is 0 Å². The third-order valence-corrected chi connectivity index (χ3v) is 5.04. The van der Waals surface area contributed by atoms with Crippen LogP contribution in [-0.2, 0) is 9.31 Å². The van der Waals surface area contributed by atoms with Crippen LogP contribution in [0, 0.1) is 5.92 Å². The van der Waals surface area contributed by atoms with Crippen molar-refractivity contribution in [2.75, 3.05) is 0 Å². The summed E-state index contributed by atoms with van der Waals surface area (Å²) in [5.74, 6) is 0.665. The molecule has 0 bridgehead atoms. The van der Waals surface area contributed by atoms with Crippen LogP contribution in [0.4, 0.5) is 0 Å². The van der Waals surface area contributed by atoms with Gasteiger partial charge >= 0.3 is 7.12 Å². The summed E-state index contributed by atoms with van der Waals surface area (Å²) in [6, 6.07) is 0.390. The van der Waals surface area contributed by atoms with Crippen LogP contribution in [0.25, 0.3) is 0 Å². The van der Waals surface area contributed by atoms with Crippen molar-refractivity contribution in [2.24, 2.45) is 11.7 Å². The Kier molecular flexibility index (Phi) is 4.10. The van der Waals surface area contributed by atoms with Gasteiger partial charge in [-0.2, -0.15) is 0 Å². The second kappa shape index (κ2) is 5.14. The lowest BCUT2D eigenvalue weighted by Crippen LogP contribution is -2.41. The van der Waals surface area contributed by atoms with Crippen LogP contribution in [0.2, 0.25) is 6.32 Å². The number of rotatable bonds is 3. The second-order valence-electron chi connectivity index (χ2n) is 6.97. The molecular formula is C14H28BNO2. The first-order valence-corrected chi connectivity index (χ1v) is 7.43. The summed E-state index contributed by atoms with van der Waals surface area (Å²) in [6.45, 7) is 8.44. The minimum absolute atomic E-state index is 0.0517. The van der Waals surface area contributed by atoms with Gasteiger partial charge in [0.2, 0.25) is 0 Å². The molecule has 1 saturated heterocycles. The molecule has 1 heterocycles. The van der Waals surface area contributed by atoms with Gasteiger partial charge in [0.05, 0.1) is 11.2 Å². The molecule has 0 aromatic heterocycles. The van der Waals surface area contributed by atoms with Crippen molar-refractivity contribution >= 4 is 7.12 Å². The fourth-order valence-corrected chi connectivity index (χ4v) is 3.03. The molecule has 0 aromatic rings. The van der Waals surface area contributed by atoms with E-state index in [1.54, 1.807) is 0 Å². The number of nitrogens with two attached hydrogens (primary N) is 1. The topological polar surface area (TPSA) is 44.5 Å². The van der Waals surface area contributed by atoms with Crippen molar-refractivity contribution in [3.8, 4) is 0 Å². The molecule has 18 heavy (non-hydrogen) atoms. The molecule has 1 aliphatic heterocycles. The Hall–Kier alpha value is -0.0551. The van der Waals surface area contributed by atoms with E-state index < -0.39 is 0 Å². The Morgan fingerprint density at radius 3 is 2.17 bits per heavy atom. The third kappa shape index (κ3) is 2.92. The number of hydrogen-bond acceptors (Lipinski definition) is 3. The van der Waals surface area contributed by atoms with E-state index in [0.717, 1.165) is 12.7 Å². The van der Waals surface area contributed by atoms with Gasteiger partial charge in [0, 0.05) is 6.04 Å². The summed E-state index contributed by atoms with van der Waals surface area (Å²) < 4.78 is 12.1. The van der Waals surface area contributed by atoms with Crippen molar-refractivity contribution in [1.29, 1.82) is 0 Å². The van der Waals surface area contributed by atoms with Gasteiger partial charge in [0.15, 0.2) is 0 Å². The molecule has 2 atom stereocenters. The summed E-state index contributed by atoms with van der Waals surface area (Å²) in [5.41, 5.74) is 5.78. The van der Waals surface area contributed by atoms with E-state index in [1.807, 2.05) is 0 Å². The Bertz CT molecular complexity index is 278. The molecule has 0 aromatic carbocycles. The summed E-state index contributed by atoms with van der Waals surface area (Å²) in [6.07, 6.45) is 7.22. The summed E-state index contributed by atoms with van der Waals surface area (Å²) in [7, 11) is -0.0517. The SMILES string of the molecule is CC1(C)OB(CCC2CCCCC2N)OC1(C)C. The van der Waals surface area contributed by atoms with Gasteiger partial charge in [-0.3, -0.25) is 0 Å². The molecule has 1 saturated carbocycles. The van der Waals surface area contributed by atoms with Crippen LogP contribution in [0.5, 0.6) is 0 Å². The normalized spacial score (nSPS) is 34.8. The average molecular weight is 253 g/mol. The molecule has 3 nitrogen and oxygen atoms in total. The zero-order chi connectivity index (χ0) is 13.4. The largest absolute Gasteiger partial charge is 0.457 e. The molecule has 2 unspecified atom stereocenters. The Balaban J connectivity index is 1.81. The van der Waals surface area contributed by atoms with E-state index in [2.05, 4.69) is 27.7 Å². The predicted molar refractivity (Wildman–Crippen MR) is 75.4 cm³/mol. The minimum Gasteiger partial charge on any atom is -0.403 e. The maximum Gasteiger partial charge on any atom is 0.457 e. The molecule has 2 fully saturated rings. The highest BCUT2D eigenvalue weighted by Gasteiger charge is 2.50. The van der Waals surface area contributed by atoms with Crippen molar-refractivity contribution in [3.63, 3.8) is 0 Å². The smallest absolute Gasteiger partial charge is 0.403 e. The van der Waals surface area contributed by atoms with Crippen LogP contribution in [0.1, 0.15) is 59.8 Å². The first-order valence-electron chi connectivity index (χ1n) is 7.43. The van der Waals surface area contributed by atoms with Crippen LogP contribution in [0.3, 0.4) is 0 Å². The molecule has 2 N–H and O–H groups in total. The highest BCUT2D eigenvalue weighted by Crippen LogP contribution is 2.39. The molecule has 0 spiro atoms. The van der Waals surface area contributed by atoms with Gasteiger partial charge in [-0.15, -0.1) is 0 Å². The van der Waals surface area contributed by atoms with E-state index >= 15 is 0 Å².